The van der Waals surface area contributed by atoms with E-state index in [2.05, 4.69) is 20.3 Å². The molecule has 0 radical (unpaired) electrons. The second kappa shape index (κ2) is 6.15. The third kappa shape index (κ3) is 2.76. The number of aromatic nitrogens is 3. The fraction of sp³-hybridized carbons (Fsp3) is 0.125. The van der Waals surface area contributed by atoms with Gasteiger partial charge in [-0.25, -0.2) is 14.8 Å². The summed E-state index contributed by atoms with van der Waals surface area (Å²) in [6.07, 6.45) is 3.11. The molecule has 0 unspecified atom stereocenters. The van der Waals surface area contributed by atoms with Gasteiger partial charge in [0.1, 0.15) is 5.75 Å². The first-order chi connectivity index (χ1) is 12.5. The van der Waals surface area contributed by atoms with Crippen LogP contribution in [0.3, 0.4) is 0 Å². The molecule has 0 aliphatic carbocycles. The molecular weight excluding hydrogens is 339 g/mol. The minimum atomic E-state index is -1.37. The summed E-state index contributed by atoms with van der Waals surface area (Å²) in [6, 6.07) is 6.30. The molecule has 0 saturated carbocycles. The van der Waals surface area contributed by atoms with Crippen LogP contribution in [0.4, 0.5) is 0 Å². The number of pyridine rings is 1. The van der Waals surface area contributed by atoms with Crippen molar-refractivity contribution >= 4 is 30.2 Å². The van der Waals surface area contributed by atoms with Crippen LogP contribution in [0.5, 0.6) is 5.75 Å². The van der Waals surface area contributed by atoms with Gasteiger partial charge in [-0.2, -0.15) is 0 Å². The van der Waals surface area contributed by atoms with Gasteiger partial charge in [0.2, 0.25) is 0 Å². The second-order valence-corrected chi connectivity index (χ2v) is 5.89. The number of nitrogens with zero attached hydrogens (tertiary/aromatic N) is 2. The SMILES string of the molecule is O=C(N[C@H]1Cc2cccc(C(=O)O)c2OB1O)c1cnc2nc[nH]c2c1. The van der Waals surface area contributed by atoms with E-state index in [1.165, 1.54) is 18.6 Å². The van der Waals surface area contributed by atoms with Crippen LogP contribution in [0.1, 0.15) is 26.3 Å². The van der Waals surface area contributed by atoms with Crippen molar-refractivity contribution in [3.8, 4) is 5.75 Å². The Bertz CT molecular complexity index is 1020. The highest BCUT2D eigenvalue weighted by molar-refractivity contribution is 6.47. The molecule has 2 aromatic heterocycles. The minimum Gasteiger partial charge on any atom is -0.534 e. The molecule has 130 valence electrons. The van der Waals surface area contributed by atoms with Crippen LogP contribution in [-0.4, -0.2) is 50.0 Å². The second-order valence-electron chi connectivity index (χ2n) is 5.89. The fourth-order valence-corrected chi connectivity index (χ4v) is 2.92. The Labute approximate surface area is 147 Å². The Morgan fingerprint density at radius 1 is 1.35 bits per heavy atom. The molecule has 4 N–H and O–H groups in total. The first kappa shape index (κ1) is 16.1. The molecule has 0 bridgehead atoms. The van der Waals surface area contributed by atoms with Crippen molar-refractivity contribution < 1.29 is 24.4 Å². The zero-order valence-corrected chi connectivity index (χ0v) is 13.3. The average Bonchev–Trinajstić information content (AvgIpc) is 3.09. The van der Waals surface area contributed by atoms with Gasteiger partial charge in [-0.1, -0.05) is 12.1 Å². The highest BCUT2D eigenvalue weighted by Gasteiger charge is 2.37. The molecule has 1 atom stereocenters. The summed E-state index contributed by atoms with van der Waals surface area (Å²) in [6.45, 7) is 0. The van der Waals surface area contributed by atoms with E-state index in [0.29, 0.717) is 22.3 Å². The van der Waals surface area contributed by atoms with Crippen molar-refractivity contribution in [1.82, 2.24) is 20.3 Å². The highest BCUT2D eigenvalue weighted by atomic mass is 16.5. The van der Waals surface area contributed by atoms with E-state index in [4.69, 9.17) is 4.65 Å². The molecule has 1 aromatic carbocycles. The van der Waals surface area contributed by atoms with E-state index >= 15 is 0 Å². The van der Waals surface area contributed by atoms with Crippen molar-refractivity contribution in [2.45, 2.75) is 12.4 Å². The number of amides is 1. The summed E-state index contributed by atoms with van der Waals surface area (Å²) in [4.78, 5) is 34.7. The van der Waals surface area contributed by atoms with E-state index < -0.39 is 24.9 Å². The Morgan fingerprint density at radius 2 is 2.19 bits per heavy atom. The molecule has 1 aliphatic heterocycles. The topological polar surface area (TPSA) is 137 Å². The quantitative estimate of drug-likeness (QED) is 0.501. The Morgan fingerprint density at radius 3 is 3.00 bits per heavy atom. The molecule has 0 fully saturated rings. The number of aromatic amines is 1. The van der Waals surface area contributed by atoms with Crippen LogP contribution in [0, 0.1) is 0 Å². The van der Waals surface area contributed by atoms with Crippen LogP contribution in [0.25, 0.3) is 11.2 Å². The monoisotopic (exact) mass is 352 g/mol. The number of benzene rings is 1. The zero-order valence-electron chi connectivity index (χ0n) is 13.3. The number of carbonyl (C=O) groups is 2. The summed E-state index contributed by atoms with van der Waals surface area (Å²) in [5, 5.41) is 22.1. The molecule has 0 spiro atoms. The van der Waals surface area contributed by atoms with Gasteiger partial charge in [-0.05, 0) is 24.1 Å². The van der Waals surface area contributed by atoms with E-state index in [-0.39, 0.29) is 17.7 Å². The number of rotatable bonds is 3. The predicted molar refractivity (Wildman–Crippen MR) is 90.8 cm³/mol. The maximum atomic E-state index is 12.5. The van der Waals surface area contributed by atoms with Gasteiger partial charge in [0.25, 0.3) is 5.91 Å². The molecule has 3 aromatic rings. The van der Waals surface area contributed by atoms with Gasteiger partial charge in [0, 0.05) is 6.20 Å². The molecule has 26 heavy (non-hydrogen) atoms. The van der Waals surface area contributed by atoms with Crippen LogP contribution in [-0.2, 0) is 6.42 Å². The maximum Gasteiger partial charge on any atom is 0.547 e. The van der Waals surface area contributed by atoms with Crippen LogP contribution in [0.15, 0.2) is 36.8 Å². The molecule has 0 saturated heterocycles. The standard InChI is InChI=1S/C16H13BN4O5/c22-15(9-4-11-14(18-6-9)20-7-19-11)21-12-5-8-2-1-3-10(16(23)24)13(8)26-17(12)25/h1-4,6-7,12,25H,5H2,(H,21,22)(H,23,24)(H,18,19,20)/t12-/m0/s1. The lowest BCUT2D eigenvalue weighted by atomic mass is 9.72. The number of carboxylic acid groups (broad SMARTS) is 1. The number of imidazole rings is 1. The van der Waals surface area contributed by atoms with Crippen LogP contribution < -0.4 is 9.97 Å². The van der Waals surface area contributed by atoms with E-state index in [1.807, 2.05) is 0 Å². The number of H-pyrrole nitrogens is 1. The summed E-state index contributed by atoms with van der Waals surface area (Å²) in [5.74, 6) is -2.18. The summed E-state index contributed by atoms with van der Waals surface area (Å²) >= 11 is 0. The number of para-hydroxylation sites is 1. The molecule has 1 aliphatic rings. The number of hydrogen-bond donors (Lipinski definition) is 4. The highest BCUT2D eigenvalue weighted by Crippen LogP contribution is 2.30. The summed E-state index contributed by atoms with van der Waals surface area (Å²) in [5.41, 5.74) is 1.99. The third-order valence-corrected chi connectivity index (χ3v) is 4.20. The smallest absolute Gasteiger partial charge is 0.534 e. The van der Waals surface area contributed by atoms with E-state index in [0.717, 1.165) is 0 Å². The first-order valence-electron chi connectivity index (χ1n) is 7.83. The number of carbonyl (C=O) groups excluding carboxylic acids is 1. The molecular formula is C16H13BN4O5. The number of fused-ring (bicyclic) bond motifs is 2. The lowest BCUT2D eigenvalue weighted by Crippen LogP contribution is -2.53. The fourth-order valence-electron chi connectivity index (χ4n) is 2.92. The summed E-state index contributed by atoms with van der Waals surface area (Å²) < 4.78 is 5.36. The first-order valence-corrected chi connectivity index (χ1v) is 7.83. The van der Waals surface area contributed by atoms with Crippen LogP contribution in [0.2, 0.25) is 0 Å². The van der Waals surface area contributed by atoms with Gasteiger partial charge in [0.15, 0.2) is 5.65 Å². The minimum absolute atomic E-state index is 0.0276. The van der Waals surface area contributed by atoms with Crippen molar-refractivity contribution in [2.24, 2.45) is 0 Å². The maximum absolute atomic E-state index is 12.5. The Hall–Kier alpha value is -3.40. The molecule has 1 amide bonds. The largest absolute Gasteiger partial charge is 0.547 e. The van der Waals surface area contributed by atoms with Crippen molar-refractivity contribution in [1.29, 1.82) is 0 Å². The van der Waals surface area contributed by atoms with E-state index in [1.54, 1.807) is 18.2 Å². The van der Waals surface area contributed by atoms with Crippen molar-refractivity contribution in [3.63, 3.8) is 0 Å². The lowest BCUT2D eigenvalue weighted by molar-refractivity contribution is 0.0693. The van der Waals surface area contributed by atoms with Crippen LogP contribution >= 0.6 is 0 Å². The van der Waals surface area contributed by atoms with Crippen molar-refractivity contribution in [2.75, 3.05) is 0 Å². The van der Waals surface area contributed by atoms with Gasteiger partial charge < -0.3 is 25.1 Å². The summed E-state index contributed by atoms with van der Waals surface area (Å²) in [7, 11) is -1.37. The zero-order chi connectivity index (χ0) is 18.3. The predicted octanol–water partition coefficient (Wildman–Crippen LogP) is 0.409. The van der Waals surface area contributed by atoms with Gasteiger partial charge in [-0.15, -0.1) is 0 Å². The van der Waals surface area contributed by atoms with E-state index in [9.17, 15) is 19.7 Å². The number of nitrogens with one attached hydrogen (secondary N) is 2. The lowest BCUT2D eigenvalue weighted by Gasteiger charge is -2.28. The normalized spacial score (nSPS) is 16.0. The average molecular weight is 352 g/mol. The Kier molecular flexibility index (Phi) is 3.81. The van der Waals surface area contributed by atoms with Gasteiger partial charge >= 0.3 is 13.1 Å². The van der Waals surface area contributed by atoms with Gasteiger partial charge in [-0.3, -0.25) is 4.79 Å². The molecule has 4 rings (SSSR count). The number of carboxylic acids is 1. The molecule has 10 heteroatoms. The third-order valence-electron chi connectivity index (χ3n) is 4.20. The van der Waals surface area contributed by atoms with Gasteiger partial charge in [0.05, 0.1) is 28.9 Å². The molecule has 9 nitrogen and oxygen atoms in total. The molecule has 3 heterocycles. The Balaban J connectivity index is 1.56. The number of aromatic carboxylic acids is 1. The van der Waals surface area contributed by atoms with Crippen molar-refractivity contribution in [3.05, 3.63) is 53.5 Å². The number of hydrogen-bond acceptors (Lipinski definition) is 6.